The zero-order valence-corrected chi connectivity index (χ0v) is 24.9. The fourth-order valence-corrected chi connectivity index (χ4v) is 4.75. The number of ether oxygens (including phenoxy) is 4. The minimum Gasteiger partial charge on any atom is -0.496 e. The monoisotopic (exact) mass is 592 g/mol. The summed E-state index contributed by atoms with van der Waals surface area (Å²) in [5.74, 6) is 1.47. The van der Waals surface area contributed by atoms with Crippen molar-refractivity contribution < 1.29 is 44.1 Å². The highest BCUT2D eigenvalue weighted by molar-refractivity contribution is 7.86. The lowest BCUT2D eigenvalue weighted by Gasteiger charge is -2.21. The number of rotatable bonds is 12. The highest BCUT2D eigenvalue weighted by Gasteiger charge is 2.24. The molecule has 0 saturated carbocycles. The Morgan fingerprint density at radius 3 is 1.82 bits per heavy atom. The SMILES string of the molecule is COc1cc(-c2ccc(OS(C)(=O)=O)cc2)c(OC)c(OC)c1-c1ccc(OCC=C(C)C)c(OS(C)(=O)=O)c1. The van der Waals surface area contributed by atoms with Crippen LogP contribution in [0.4, 0.5) is 0 Å². The summed E-state index contributed by atoms with van der Waals surface area (Å²) in [5.41, 5.74) is 3.31. The Morgan fingerprint density at radius 1 is 0.700 bits per heavy atom. The summed E-state index contributed by atoms with van der Waals surface area (Å²) in [6.07, 6.45) is 3.77. The molecule has 0 N–H and O–H groups in total. The molecule has 0 aliphatic heterocycles. The first-order valence-electron chi connectivity index (χ1n) is 11.9. The number of hydrogen-bond acceptors (Lipinski definition) is 10. The number of benzene rings is 3. The lowest BCUT2D eigenvalue weighted by molar-refractivity contribution is 0.347. The van der Waals surface area contributed by atoms with Crippen molar-refractivity contribution in [2.45, 2.75) is 13.8 Å². The van der Waals surface area contributed by atoms with Crippen LogP contribution in [0.1, 0.15) is 13.8 Å². The smallest absolute Gasteiger partial charge is 0.306 e. The van der Waals surface area contributed by atoms with Gasteiger partial charge in [0.1, 0.15) is 18.1 Å². The molecule has 0 aliphatic carbocycles. The summed E-state index contributed by atoms with van der Waals surface area (Å²) >= 11 is 0. The molecule has 3 aromatic rings. The van der Waals surface area contributed by atoms with Crippen LogP contribution in [-0.2, 0) is 20.2 Å². The van der Waals surface area contributed by atoms with Crippen LogP contribution in [0.3, 0.4) is 0 Å². The van der Waals surface area contributed by atoms with E-state index in [4.69, 9.17) is 27.3 Å². The van der Waals surface area contributed by atoms with Crippen molar-refractivity contribution in [3.63, 3.8) is 0 Å². The van der Waals surface area contributed by atoms with Gasteiger partial charge in [0.2, 0.25) is 0 Å². The largest absolute Gasteiger partial charge is 0.496 e. The molecule has 3 rings (SSSR count). The number of methoxy groups -OCH3 is 3. The Labute approximate surface area is 235 Å². The Balaban J connectivity index is 2.19. The molecule has 12 heteroatoms. The Kier molecular flexibility index (Phi) is 9.59. The third-order valence-electron chi connectivity index (χ3n) is 5.44. The predicted molar refractivity (Wildman–Crippen MR) is 153 cm³/mol. The van der Waals surface area contributed by atoms with Gasteiger partial charge in [-0.15, -0.1) is 0 Å². The Morgan fingerprint density at radius 2 is 1.30 bits per heavy atom. The van der Waals surface area contributed by atoms with E-state index in [9.17, 15) is 16.8 Å². The van der Waals surface area contributed by atoms with Crippen LogP contribution in [0.25, 0.3) is 22.3 Å². The molecule has 0 atom stereocenters. The van der Waals surface area contributed by atoms with Crippen LogP contribution >= 0.6 is 0 Å². The molecule has 0 bridgehead atoms. The molecule has 10 nitrogen and oxygen atoms in total. The van der Waals surface area contributed by atoms with Crippen LogP contribution in [0.5, 0.6) is 34.5 Å². The topological polar surface area (TPSA) is 124 Å². The van der Waals surface area contributed by atoms with E-state index < -0.39 is 20.2 Å². The molecule has 0 aromatic heterocycles. The maximum absolute atomic E-state index is 12.0. The zero-order chi connectivity index (χ0) is 29.7. The highest BCUT2D eigenvalue weighted by Crippen LogP contribution is 2.51. The molecule has 216 valence electrons. The third kappa shape index (κ3) is 7.82. The normalized spacial score (nSPS) is 11.4. The van der Waals surface area contributed by atoms with Crippen LogP contribution in [0.15, 0.2) is 60.2 Å². The Bertz CT molecular complexity index is 1600. The van der Waals surface area contributed by atoms with E-state index in [-0.39, 0.29) is 23.9 Å². The lowest BCUT2D eigenvalue weighted by Crippen LogP contribution is -2.08. The summed E-state index contributed by atoms with van der Waals surface area (Å²) in [4.78, 5) is 0. The first kappa shape index (κ1) is 30.6. The fraction of sp³-hybridized carbons (Fsp3) is 0.286. The maximum Gasteiger partial charge on any atom is 0.306 e. The molecular formula is C28H32O10S2. The van der Waals surface area contributed by atoms with Crippen LogP contribution in [0.2, 0.25) is 0 Å². The summed E-state index contributed by atoms with van der Waals surface area (Å²) < 4.78 is 80.2. The summed E-state index contributed by atoms with van der Waals surface area (Å²) in [6.45, 7) is 4.08. The van der Waals surface area contributed by atoms with Gasteiger partial charge in [-0.2, -0.15) is 16.8 Å². The van der Waals surface area contributed by atoms with Crippen LogP contribution < -0.4 is 27.3 Å². The van der Waals surface area contributed by atoms with E-state index in [0.29, 0.717) is 39.5 Å². The van der Waals surface area contributed by atoms with Crippen molar-refractivity contribution in [3.05, 3.63) is 60.2 Å². The minimum absolute atomic E-state index is 0.00392. The molecule has 0 saturated heterocycles. The van der Waals surface area contributed by atoms with E-state index in [0.717, 1.165) is 18.1 Å². The average molecular weight is 593 g/mol. The van der Waals surface area contributed by atoms with Gasteiger partial charge in [-0.25, -0.2) is 0 Å². The maximum atomic E-state index is 12.0. The van der Waals surface area contributed by atoms with Gasteiger partial charge in [-0.3, -0.25) is 0 Å². The van der Waals surface area contributed by atoms with E-state index in [1.54, 1.807) is 30.3 Å². The molecule has 40 heavy (non-hydrogen) atoms. The van der Waals surface area contributed by atoms with Crippen LogP contribution in [0, 0.1) is 0 Å². The molecular weight excluding hydrogens is 560 g/mol. The molecule has 0 heterocycles. The highest BCUT2D eigenvalue weighted by atomic mass is 32.2. The molecule has 3 aromatic carbocycles. The second-order valence-electron chi connectivity index (χ2n) is 8.92. The molecule has 0 unspecified atom stereocenters. The second kappa shape index (κ2) is 12.5. The van der Waals surface area contributed by atoms with E-state index >= 15 is 0 Å². The van der Waals surface area contributed by atoms with Gasteiger partial charge in [0, 0.05) is 5.56 Å². The molecule has 0 spiro atoms. The number of allylic oxidation sites excluding steroid dienone is 1. The summed E-state index contributed by atoms with van der Waals surface area (Å²) in [6, 6.07) is 13.0. The lowest BCUT2D eigenvalue weighted by atomic mass is 9.96. The van der Waals surface area contributed by atoms with Gasteiger partial charge >= 0.3 is 20.2 Å². The van der Waals surface area contributed by atoms with Crippen molar-refractivity contribution >= 4 is 20.2 Å². The van der Waals surface area contributed by atoms with E-state index in [2.05, 4.69) is 0 Å². The molecule has 0 amide bonds. The van der Waals surface area contributed by atoms with Crippen molar-refractivity contribution in [1.82, 2.24) is 0 Å². The third-order valence-corrected chi connectivity index (χ3v) is 6.42. The van der Waals surface area contributed by atoms with Crippen molar-refractivity contribution in [2.75, 3.05) is 40.4 Å². The van der Waals surface area contributed by atoms with E-state index in [1.807, 2.05) is 19.9 Å². The van der Waals surface area contributed by atoms with Crippen molar-refractivity contribution in [3.8, 4) is 56.8 Å². The minimum atomic E-state index is -3.87. The second-order valence-corrected chi connectivity index (χ2v) is 12.1. The van der Waals surface area contributed by atoms with Gasteiger partial charge in [0.05, 0.1) is 39.4 Å². The standard InChI is InChI=1S/C28H32O10S2/c1-18(2)14-15-36-23-13-10-20(16-24(23)38-40(7,31)32)26-25(33-3)17-22(27(34-4)28(26)35-5)19-8-11-21(12-9-19)37-39(6,29)30/h8-14,16-17H,15H2,1-7H3. The molecule has 0 fully saturated rings. The van der Waals surface area contributed by atoms with E-state index in [1.165, 1.54) is 39.5 Å². The van der Waals surface area contributed by atoms with Crippen molar-refractivity contribution in [2.24, 2.45) is 0 Å². The average Bonchev–Trinajstić information content (AvgIpc) is 2.86. The summed E-state index contributed by atoms with van der Waals surface area (Å²) in [7, 11) is -3.11. The van der Waals surface area contributed by atoms with Gasteiger partial charge in [0.15, 0.2) is 23.0 Å². The Hall–Kier alpha value is -3.90. The zero-order valence-electron chi connectivity index (χ0n) is 23.3. The van der Waals surface area contributed by atoms with Crippen molar-refractivity contribution in [1.29, 1.82) is 0 Å². The van der Waals surface area contributed by atoms with Gasteiger partial charge in [0.25, 0.3) is 0 Å². The number of hydrogen-bond donors (Lipinski definition) is 0. The van der Waals surface area contributed by atoms with Crippen LogP contribution in [-0.4, -0.2) is 57.3 Å². The summed E-state index contributed by atoms with van der Waals surface area (Å²) in [5, 5.41) is 0. The first-order valence-corrected chi connectivity index (χ1v) is 15.5. The first-order chi connectivity index (χ1) is 18.8. The van der Waals surface area contributed by atoms with Gasteiger partial charge in [-0.05, 0) is 61.4 Å². The van der Waals surface area contributed by atoms with Gasteiger partial charge < -0.3 is 27.3 Å². The quantitative estimate of drug-likeness (QED) is 0.208. The predicted octanol–water partition coefficient (Wildman–Crippen LogP) is 5.07. The molecule has 0 aliphatic rings. The molecule has 0 radical (unpaired) electrons. The van der Waals surface area contributed by atoms with Gasteiger partial charge in [-0.1, -0.05) is 23.8 Å². The fourth-order valence-electron chi connectivity index (χ4n) is 3.84.